The van der Waals surface area contributed by atoms with Gasteiger partial charge in [-0.2, -0.15) is 18.3 Å². The van der Waals surface area contributed by atoms with E-state index in [2.05, 4.69) is 20.2 Å². The predicted octanol–water partition coefficient (Wildman–Crippen LogP) is 4.58. The molecule has 0 aliphatic heterocycles. The predicted molar refractivity (Wildman–Crippen MR) is 90.3 cm³/mol. The van der Waals surface area contributed by atoms with Crippen molar-refractivity contribution in [3.8, 4) is 5.69 Å². The Bertz CT molecular complexity index is 1200. The number of H-pyrrole nitrogens is 1. The average molecular weight is 375 g/mol. The summed E-state index contributed by atoms with van der Waals surface area (Å²) < 4.78 is 55.8. The molecule has 9 heteroatoms. The first-order valence-electron chi connectivity index (χ1n) is 8.36. The molecule has 4 aromatic rings. The van der Waals surface area contributed by atoms with E-state index in [1.165, 1.54) is 10.6 Å². The third-order valence-corrected chi connectivity index (χ3v) is 4.87. The van der Waals surface area contributed by atoms with Gasteiger partial charge in [-0.05, 0) is 49.6 Å². The van der Waals surface area contributed by atoms with E-state index in [0.29, 0.717) is 5.69 Å². The number of aromatic nitrogens is 5. The minimum atomic E-state index is -4.60. The monoisotopic (exact) mass is 375 g/mol. The van der Waals surface area contributed by atoms with Gasteiger partial charge >= 0.3 is 6.18 Å². The fraction of sp³-hybridized carbons (Fsp3) is 0.278. The molecule has 1 aliphatic rings. The van der Waals surface area contributed by atoms with Crippen molar-refractivity contribution in [2.75, 3.05) is 0 Å². The summed E-state index contributed by atoms with van der Waals surface area (Å²) in [6.45, 7) is 1.85. The summed E-state index contributed by atoms with van der Waals surface area (Å²) in [6, 6.07) is 5.61. The second kappa shape index (κ2) is 5.05. The maximum atomic E-state index is 15.0. The lowest BCUT2D eigenvalue weighted by atomic mass is 10.1. The second-order valence-electron chi connectivity index (χ2n) is 6.87. The molecule has 1 fully saturated rings. The first kappa shape index (κ1) is 16.2. The molecule has 0 unspecified atom stereocenters. The van der Waals surface area contributed by atoms with Crippen LogP contribution in [0, 0.1) is 6.92 Å². The van der Waals surface area contributed by atoms with E-state index in [1.807, 2.05) is 6.92 Å². The number of fused-ring (bicyclic) bond motifs is 2. The zero-order chi connectivity index (χ0) is 19.0. The first-order chi connectivity index (χ1) is 12.8. The van der Waals surface area contributed by atoms with Gasteiger partial charge in [-0.15, -0.1) is 0 Å². The Labute approximate surface area is 150 Å². The number of aryl methyl sites for hydroxylation is 1. The molecule has 1 aromatic carbocycles. The summed E-state index contributed by atoms with van der Waals surface area (Å²) in [4.78, 5) is 8.05. The van der Waals surface area contributed by atoms with Gasteiger partial charge in [0.15, 0.2) is 17.1 Å². The third-order valence-electron chi connectivity index (χ3n) is 4.87. The zero-order valence-electron chi connectivity index (χ0n) is 14.1. The van der Waals surface area contributed by atoms with Crippen LogP contribution in [0.1, 0.15) is 29.9 Å². The van der Waals surface area contributed by atoms with Crippen LogP contribution in [-0.2, 0) is 11.8 Å². The molecule has 0 amide bonds. The van der Waals surface area contributed by atoms with Crippen LogP contribution in [0.4, 0.5) is 17.6 Å². The summed E-state index contributed by atoms with van der Waals surface area (Å²) in [7, 11) is 0. The SMILES string of the molecule is Cc1cc(-n2c(C3(F)CC3)nc3ccc(C(F)(F)F)nc32)cc2cn[nH]c12. The number of pyridine rings is 1. The Morgan fingerprint density at radius 3 is 2.63 bits per heavy atom. The number of rotatable bonds is 2. The zero-order valence-corrected chi connectivity index (χ0v) is 14.1. The molecule has 5 rings (SSSR count). The number of aromatic amines is 1. The van der Waals surface area contributed by atoms with Crippen LogP contribution < -0.4 is 0 Å². The van der Waals surface area contributed by atoms with Crippen LogP contribution in [0.5, 0.6) is 0 Å². The van der Waals surface area contributed by atoms with Crippen LogP contribution in [0.15, 0.2) is 30.5 Å². The number of hydrogen-bond acceptors (Lipinski definition) is 3. The maximum Gasteiger partial charge on any atom is 0.433 e. The lowest BCUT2D eigenvalue weighted by molar-refractivity contribution is -0.141. The number of halogens is 4. The van der Waals surface area contributed by atoms with Crippen molar-refractivity contribution in [1.29, 1.82) is 0 Å². The van der Waals surface area contributed by atoms with E-state index < -0.39 is 17.5 Å². The van der Waals surface area contributed by atoms with Crippen LogP contribution in [0.3, 0.4) is 0 Å². The highest BCUT2D eigenvalue weighted by Crippen LogP contribution is 2.50. The Morgan fingerprint density at radius 2 is 1.93 bits per heavy atom. The summed E-state index contributed by atoms with van der Waals surface area (Å²) >= 11 is 0. The van der Waals surface area contributed by atoms with E-state index in [4.69, 9.17) is 0 Å². The van der Waals surface area contributed by atoms with Crippen LogP contribution in [0.25, 0.3) is 27.8 Å². The minimum Gasteiger partial charge on any atom is -0.278 e. The largest absolute Gasteiger partial charge is 0.433 e. The topological polar surface area (TPSA) is 59.4 Å². The molecular formula is C18H13F4N5. The van der Waals surface area contributed by atoms with Crippen molar-refractivity contribution in [2.45, 2.75) is 31.6 Å². The Balaban J connectivity index is 1.84. The molecule has 5 nitrogen and oxygen atoms in total. The number of imidazole rings is 1. The number of nitrogens with one attached hydrogen (secondary N) is 1. The van der Waals surface area contributed by atoms with Crippen molar-refractivity contribution >= 4 is 22.1 Å². The molecule has 0 bridgehead atoms. The molecular weight excluding hydrogens is 362 g/mol. The van der Waals surface area contributed by atoms with Gasteiger partial charge in [0.2, 0.25) is 0 Å². The minimum absolute atomic E-state index is 0.00834. The van der Waals surface area contributed by atoms with E-state index in [-0.39, 0.29) is 29.8 Å². The number of nitrogens with zero attached hydrogens (tertiary/aromatic N) is 4. The van der Waals surface area contributed by atoms with Gasteiger partial charge in [0, 0.05) is 5.39 Å². The highest BCUT2D eigenvalue weighted by Gasteiger charge is 2.50. The van der Waals surface area contributed by atoms with Gasteiger partial charge in [-0.3, -0.25) is 9.67 Å². The number of alkyl halides is 4. The van der Waals surface area contributed by atoms with Gasteiger partial charge < -0.3 is 0 Å². The quantitative estimate of drug-likeness (QED) is 0.522. The van der Waals surface area contributed by atoms with Crippen LogP contribution in [-0.4, -0.2) is 24.7 Å². The van der Waals surface area contributed by atoms with Crippen LogP contribution >= 0.6 is 0 Å². The lowest BCUT2D eigenvalue weighted by Gasteiger charge is -2.13. The molecule has 0 saturated heterocycles. The smallest absolute Gasteiger partial charge is 0.278 e. The first-order valence-corrected chi connectivity index (χ1v) is 8.36. The van der Waals surface area contributed by atoms with Crippen molar-refractivity contribution in [1.82, 2.24) is 24.7 Å². The lowest BCUT2D eigenvalue weighted by Crippen LogP contribution is -2.11. The Morgan fingerprint density at radius 1 is 1.15 bits per heavy atom. The van der Waals surface area contributed by atoms with Crippen LogP contribution in [0.2, 0.25) is 0 Å². The van der Waals surface area contributed by atoms with Gasteiger partial charge in [-0.1, -0.05) is 0 Å². The van der Waals surface area contributed by atoms with Gasteiger partial charge in [0.05, 0.1) is 17.4 Å². The van der Waals surface area contributed by atoms with Crippen molar-refractivity contribution in [2.24, 2.45) is 0 Å². The maximum absolute atomic E-state index is 15.0. The molecule has 27 heavy (non-hydrogen) atoms. The molecule has 1 N–H and O–H groups in total. The average Bonchev–Trinajstić information content (AvgIpc) is 3.05. The fourth-order valence-corrected chi connectivity index (χ4v) is 3.34. The van der Waals surface area contributed by atoms with Crippen molar-refractivity contribution in [3.05, 3.63) is 47.5 Å². The highest BCUT2D eigenvalue weighted by molar-refractivity contribution is 5.85. The molecule has 0 spiro atoms. The molecule has 138 valence electrons. The van der Waals surface area contributed by atoms with Crippen molar-refractivity contribution in [3.63, 3.8) is 0 Å². The molecule has 1 aliphatic carbocycles. The normalized spacial score (nSPS) is 16.3. The van der Waals surface area contributed by atoms with E-state index >= 15 is 0 Å². The Hall–Kier alpha value is -2.97. The molecule has 3 heterocycles. The second-order valence-corrected chi connectivity index (χ2v) is 6.87. The molecule has 0 radical (unpaired) electrons. The third kappa shape index (κ3) is 2.41. The standard InChI is InChI=1S/C18H13F4N5/c1-9-6-11(7-10-8-23-26-14(9)10)27-15-12(24-16(27)17(19)4-5-17)2-3-13(25-15)18(20,21)22/h2-3,6-8H,4-5H2,1H3,(H,23,26). The summed E-state index contributed by atoms with van der Waals surface area (Å²) in [5.41, 5.74) is -0.295. The summed E-state index contributed by atoms with van der Waals surface area (Å²) in [6.07, 6.45) is -2.41. The van der Waals surface area contributed by atoms with E-state index in [9.17, 15) is 17.6 Å². The van der Waals surface area contributed by atoms with E-state index in [1.54, 1.807) is 18.3 Å². The number of benzene rings is 1. The number of hydrogen-bond donors (Lipinski definition) is 1. The fourth-order valence-electron chi connectivity index (χ4n) is 3.34. The Kier molecular flexibility index (Phi) is 3.04. The molecule has 3 aromatic heterocycles. The summed E-state index contributed by atoms with van der Waals surface area (Å²) in [5.74, 6) is 0.0894. The van der Waals surface area contributed by atoms with E-state index in [0.717, 1.165) is 22.5 Å². The highest BCUT2D eigenvalue weighted by atomic mass is 19.4. The summed E-state index contributed by atoms with van der Waals surface area (Å²) in [5, 5.41) is 7.63. The van der Waals surface area contributed by atoms with Gasteiger partial charge in [0.25, 0.3) is 0 Å². The molecule has 1 saturated carbocycles. The molecule has 0 atom stereocenters. The van der Waals surface area contributed by atoms with Crippen molar-refractivity contribution < 1.29 is 17.6 Å². The van der Waals surface area contributed by atoms with Gasteiger partial charge in [-0.25, -0.2) is 14.4 Å². The van der Waals surface area contributed by atoms with Gasteiger partial charge in [0.1, 0.15) is 11.2 Å².